The summed E-state index contributed by atoms with van der Waals surface area (Å²) in [5, 5.41) is 3.18. The van der Waals surface area contributed by atoms with Crippen LogP contribution in [-0.4, -0.2) is 36.9 Å². The molecule has 11 heteroatoms. The van der Waals surface area contributed by atoms with Gasteiger partial charge >= 0.3 is 12.0 Å². The van der Waals surface area contributed by atoms with Crippen molar-refractivity contribution in [2.75, 3.05) is 28.0 Å². The molecule has 0 aromatic heterocycles. The van der Waals surface area contributed by atoms with Gasteiger partial charge in [0, 0.05) is 31.3 Å². The number of rotatable bonds is 4. The highest BCUT2D eigenvalue weighted by atomic mass is 19.2. The lowest BCUT2D eigenvalue weighted by Gasteiger charge is -2.34. The molecule has 2 aliphatic rings. The minimum Gasteiger partial charge on any atom is -0.334 e. The summed E-state index contributed by atoms with van der Waals surface area (Å²) in [5.74, 6) is -4.37. The number of hydroxylamine groups is 1. The van der Waals surface area contributed by atoms with Crippen molar-refractivity contribution in [3.63, 3.8) is 0 Å². The second kappa shape index (κ2) is 11.4. The van der Waals surface area contributed by atoms with Crippen LogP contribution in [0, 0.1) is 18.6 Å². The number of para-hydroxylation sites is 1. The van der Waals surface area contributed by atoms with Crippen LogP contribution < -0.4 is 20.2 Å². The largest absolute Gasteiger partial charge is 0.334 e. The summed E-state index contributed by atoms with van der Waals surface area (Å²) >= 11 is 0. The van der Waals surface area contributed by atoms with Crippen molar-refractivity contribution >= 4 is 40.9 Å². The first-order valence-corrected chi connectivity index (χ1v) is 13.2. The number of hydrogen-bond donors (Lipinski definition) is 1. The molecule has 0 saturated carbocycles. The first kappa shape index (κ1) is 27.8. The predicted octanol–water partition coefficient (Wildman–Crippen LogP) is 4.80. The number of halogens is 2. The van der Waals surface area contributed by atoms with Gasteiger partial charge in [-0.2, -0.15) is 0 Å². The molecule has 212 valence electrons. The summed E-state index contributed by atoms with van der Waals surface area (Å²) in [4.78, 5) is 58.1. The van der Waals surface area contributed by atoms with Crippen molar-refractivity contribution in [2.45, 2.75) is 39.7 Å². The molecule has 0 spiro atoms. The molecule has 0 atom stereocenters. The summed E-state index contributed by atoms with van der Waals surface area (Å²) < 4.78 is 28.9. The number of carbonyl (C=O) groups is 4. The fourth-order valence-corrected chi connectivity index (χ4v) is 5.12. The molecule has 1 N–H and O–H groups in total. The van der Waals surface area contributed by atoms with E-state index in [2.05, 4.69) is 5.32 Å². The Bertz CT molecular complexity index is 1560. The van der Waals surface area contributed by atoms with Crippen LogP contribution in [0.25, 0.3) is 0 Å². The van der Waals surface area contributed by atoms with Gasteiger partial charge in [0.05, 0.1) is 0 Å². The fraction of sp³-hybridized carbons (Fsp3) is 0.267. The first-order valence-electron chi connectivity index (χ1n) is 13.2. The zero-order chi connectivity index (χ0) is 29.3. The van der Waals surface area contributed by atoms with Crippen molar-refractivity contribution < 1.29 is 32.8 Å². The van der Waals surface area contributed by atoms with Crippen LogP contribution in [-0.2, 0) is 27.4 Å². The standard InChI is InChI=1S/C30H28F2N4O5/c1-18-15-21(29(39)34-14-6-5-8-20-7-3-4-9-24(20)34)10-11-22(18)16-33-30(40)35-17-26(38)36(41-19(2)37)25-13-12-23(31)27(32)28(25)35/h3-4,7,9-13,15H,5-6,8,14,16-17H2,1-2H3,(H,33,40). The van der Waals surface area contributed by atoms with Crippen LogP contribution >= 0.6 is 0 Å². The minimum absolute atomic E-state index is 0.00367. The van der Waals surface area contributed by atoms with E-state index < -0.39 is 41.8 Å². The van der Waals surface area contributed by atoms with Crippen molar-refractivity contribution in [3.05, 3.63) is 88.5 Å². The van der Waals surface area contributed by atoms with E-state index in [4.69, 9.17) is 4.84 Å². The van der Waals surface area contributed by atoms with Crippen LogP contribution in [0.5, 0.6) is 0 Å². The fourth-order valence-electron chi connectivity index (χ4n) is 5.12. The van der Waals surface area contributed by atoms with Gasteiger partial charge < -0.3 is 15.1 Å². The molecule has 3 aromatic rings. The highest BCUT2D eigenvalue weighted by Gasteiger charge is 2.38. The maximum absolute atomic E-state index is 14.8. The topological polar surface area (TPSA) is 99.3 Å². The molecule has 2 aliphatic heterocycles. The molecule has 9 nitrogen and oxygen atoms in total. The molecule has 3 aromatic carbocycles. The summed E-state index contributed by atoms with van der Waals surface area (Å²) in [7, 11) is 0. The molecule has 0 saturated heterocycles. The van der Waals surface area contributed by atoms with Crippen molar-refractivity contribution in [2.24, 2.45) is 0 Å². The van der Waals surface area contributed by atoms with Crippen LogP contribution in [0.1, 0.15) is 46.8 Å². The van der Waals surface area contributed by atoms with E-state index in [1.807, 2.05) is 24.3 Å². The lowest BCUT2D eigenvalue weighted by molar-refractivity contribution is -0.148. The Morgan fingerprint density at radius 1 is 0.976 bits per heavy atom. The SMILES string of the molecule is CC(=O)ON1C(=O)CN(C(=O)NCc2ccc(C(=O)N3CCCCc4ccccc43)cc2C)c2c1ccc(F)c2F. The second-order valence-corrected chi connectivity index (χ2v) is 9.93. The van der Waals surface area contributed by atoms with E-state index in [-0.39, 0.29) is 18.1 Å². The molecule has 0 radical (unpaired) electrons. The van der Waals surface area contributed by atoms with Crippen molar-refractivity contribution in [1.82, 2.24) is 5.32 Å². The minimum atomic E-state index is -1.36. The molecule has 4 amide bonds. The summed E-state index contributed by atoms with van der Waals surface area (Å²) in [5.41, 5.74) is 3.19. The smallest absolute Gasteiger partial charge is 0.330 e. The van der Waals surface area contributed by atoms with Gasteiger partial charge in [-0.15, -0.1) is 5.06 Å². The van der Waals surface area contributed by atoms with E-state index in [0.717, 1.165) is 60.0 Å². The molecule has 41 heavy (non-hydrogen) atoms. The third kappa shape index (κ3) is 5.47. The second-order valence-electron chi connectivity index (χ2n) is 9.93. The quantitative estimate of drug-likeness (QED) is 0.493. The van der Waals surface area contributed by atoms with Crippen LogP contribution in [0.3, 0.4) is 0 Å². The van der Waals surface area contributed by atoms with Crippen LogP contribution in [0.15, 0.2) is 54.6 Å². The number of aryl methyl sites for hydroxylation is 2. The normalized spacial score (nSPS) is 14.6. The number of nitrogens with one attached hydrogen (secondary N) is 1. The van der Waals surface area contributed by atoms with Gasteiger partial charge in [0.2, 0.25) is 0 Å². The maximum Gasteiger partial charge on any atom is 0.330 e. The van der Waals surface area contributed by atoms with E-state index in [0.29, 0.717) is 22.7 Å². The Labute approximate surface area is 235 Å². The highest BCUT2D eigenvalue weighted by Crippen LogP contribution is 2.37. The lowest BCUT2D eigenvalue weighted by atomic mass is 10.0. The van der Waals surface area contributed by atoms with Gasteiger partial charge in [-0.25, -0.2) is 18.4 Å². The van der Waals surface area contributed by atoms with Crippen molar-refractivity contribution in [1.29, 1.82) is 0 Å². The van der Waals surface area contributed by atoms with Gasteiger partial charge in [-0.3, -0.25) is 14.5 Å². The number of hydrogen-bond acceptors (Lipinski definition) is 5. The molecule has 0 aliphatic carbocycles. The molecule has 0 unspecified atom stereocenters. The highest BCUT2D eigenvalue weighted by molar-refractivity contribution is 6.10. The van der Waals surface area contributed by atoms with E-state index >= 15 is 0 Å². The number of fused-ring (bicyclic) bond motifs is 2. The zero-order valence-corrected chi connectivity index (χ0v) is 22.6. The van der Waals surface area contributed by atoms with Gasteiger partial charge in [-0.05, 0) is 73.2 Å². The summed E-state index contributed by atoms with van der Waals surface area (Å²) in [6.07, 6.45) is 2.82. The third-order valence-electron chi connectivity index (χ3n) is 7.15. The zero-order valence-electron chi connectivity index (χ0n) is 22.6. The van der Waals surface area contributed by atoms with Gasteiger partial charge in [0.1, 0.15) is 17.9 Å². The van der Waals surface area contributed by atoms with Crippen LogP contribution in [0.4, 0.5) is 30.6 Å². The molecule has 0 bridgehead atoms. The third-order valence-corrected chi connectivity index (χ3v) is 7.15. The van der Waals surface area contributed by atoms with Crippen molar-refractivity contribution in [3.8, 4) is 0 Å². The molecule has 0 fully saturated rings. The van der Waals surface area contributed by atoms with Gasteiger partial charge in [-0.1, -0.05) is 24.3 Å². The monoisotopic (exact) mass is 562 g/mol. The average Bonchev–Trinajstić information content (AvgIpc) is 3.17. The first-order chi connectivity index (χ1) is 19.7. The Morgan fingerprint density at radius 2 is 1.76 bits per heavy atom. The van der Waals surface area contributed by atoms with Gasteiger partial charge in [0.25, 0.3) is 11.8 Å². The van der Waals surface area contributed by atoms with E-state index in [9.17, 15) is 28.0 Å². The maximum atomic E-state index is 14.8. The Hall–Kier alpha value is -4.80. The molecular weight excluding hydrogens is 534 g/mol. The van der Waals surface area contributed by atoms with Crippen LogP contribution in [0.2, 0.25) is 0 Å². The molecular formula is C30H28F2N4O5. The lowest BCUT2D eigenvalue weighted by Crippen LogP contribution is -2.52. The number of amides is 4. The summed E-state index contributed by atoms with van der Waals surface area (Å²) in [6, 6.07) is 14.0. The molecule has 2 heterocycles. The Kier molecular flexibility index (Phi) is 7.69. The number of carbonyl (C=O) groups excluding carboxylic acids is 4. The van der Waals surface area contributed by atoms with E-state index in [1.54, 1.807) is 30.0 Å². The average molecular weight is 563 g/mol. The predicted molar refractivity (Wildman–Crippen MR) is 147 cm³/mol. The Morgan fingerprint density at radius 3 is 2.51 bits per heavy atom. The molecule has 5 rings (SSSR count). The van der Waals surface area contributed by atoms with E-state index in [1.165, 1.54) is 0 Å². The number of nitrogens with zero attached hydrogens (tertiary/aromatic N) is 3. The Balaban J connectivity index is 1.33. The number of benzene rings is 3. The summed E-state index contributed by atoms with van der Waals surface area (Å²) in [6.45, 7) is 2.79. The van der Waals surface area contributed by atoms with Gasteiger partial charge in [0.15, 0.2) is 11.6 Å². The number of anilines is 3. The number of urea groups is 1.